The third-order valence-corrected chi connectivity index (χ3v) is 1.69. The number of hydrogen-bond donors (Lipinski definition) is 1. The molecule has 0 aromatic heterocycles. The number of aryl methyl sites for hydroxylation is 1. The van der Waals surface area contributed by atoms with Crippen LogP contribution >= 0.6 is 0 Å². The maximum Gasteiger partial charge on any atom is 0.311 e. The molecule has 0 bridgehead atoms. The first-order valence-electron chi connectivity index (χ1n) is 3.58. The molecule has 0 unspecified atom stereocenters. The zero-order valence-corrected chi connectivity index (χ0v) is 7.27. The van der Waals surface area contributed by atoms with Gasteiger partial charge in [0.05, 0.1) is 12.0 Å². The van der Waals surface area contributed by atoms with Gasteiger partial charge in [-0.25, -0.2) is 0 Å². The Bertz CT molecular complexity index is 348. The normalized spacial score (nSPS) is 9.69. The highest BCUT2D eigenvalue weighted by Gasteiger charge is 2.16. The van der Waals surface area contributed by atoms with E-state index in [4.69, 9.17) is 4.74 Å². The molecular formula is C8H9NO4. The van der Waals surface area contributed by atoms with Crippen LogP contribution in [0.5, 0.6) is 11.5 Å². The highest BCUT2D eigenvalue weighted by atomic mass is 16.6. The minimum absolute atomic E-state index is 0.0116. The molecule has 1 N–H and O–H groups in total. The van der Waals surface area contributed by atoms with Crippen molar-refractivity contribution >= 4 is 5.69 Å². The molecule has 1 aromatic rings. The van der Waals surface area contributed by atoms with Crippen LogP contribution in [-0.4, -0.2) is 17.1 Å². The van der Waals surface area contributed by atoms with Crippen LogP contribution in [0.3, 0.4) is 0 Å². The zero-order chi connectivity index (χ0) is 10.0. The average Bonchev–Trinajstić information content (AvgIpc) is 2.08. The van der Waals surface area contributed by atoms with Crippen molar-refractivity contribution < 1.29 is 14.8 Å². The number of nitrogens with zero attached hydrogens (tertiary/aromatic N) is 1. The number of aromatic hydroxyl groups is 1. The predicted molar refractivity (Wildman–Crippen MR) is 46.1 cm³/mol. The lowest BCUT2D eigenvalue weighted by Crippen LogP contribution is -1.94. The highest BCUT2D eigenvalue weighted by molar-refractivity contribution is 5.53. The summed E-state index contributed by atoms with van der Waals surface area (Å²) in [5.41, 5.74) is 0.310. The molecule has 0 spiro atoms. The minimum atomic E-state index is -0.550. The molecular weight excluding hydrogens is 174 g/mol. The maximum absolute atomic E-state index is 10.5. The second-order valence-electron chi connectivity index (χ2n) is 2.57. The van der Waals surface area contributed by atoms with Gasteiger partial charge in [0, 0.05) is 12.1 Å². The second kappa shape index (κ2) is 3.30. The van der Waals surface area contributed by atoms with Gasteiger partial charge in [0.1, 0.15) is 5.75 Å². The monoisotopic (exact) mass is 183 g/mol. The standard InChI is InChI=1S/C8H9NO4/c1-5-3-6(9(11)12)8(13-2)4-7(5)10/h3-4,10H,1-2H3. The van der Waals surface area contributed by atoms with Gasteiger partial charge < -0.3 is 9.84 Å². The highest BCUT2D eigenvalue weighted by Crippen LogP contribution is 2.32. The van der Waals surface area contributed by atoms with Crippen molar-refractivity contribution in [3.05, 3.63) is 27.8 Å². The SMILES string of the molecule is COc1cc(O)c(C)cc1[N+](=O)[O-]. The molecule has 1 aromatic carbocycles. The van der Waals surface area contributed by atoms with E-state index in [2.05, 4.69) is 0 Å². The van der Waals surface area contributed by atoms with Gasteiger partial charge in [0.15, 0.2) is 0 Å². The fourth-order valence-electron chi connectivity index (χ4n) is 0.968. The van der Waals surface area contributed by atoms with Crippen LogP contribution < -0.4 is 4.74 Å². The van der Waals surface area contributed by atoms with Gasteiger partial charge in [-0.05, 0) is 12.5 Å². The van der Waals surface area contributed by atoms with Crippen LogP contribution in [0.25, 0.3) is 0 Å². The fraction of sp³-hybridized carbons (Fsp3) is 0.250. The van der Waals surface area contributed by atoms with Gasteiger partial charge >= 0.3 is 5.69 Å². The molecule has 0 saturated heterocycles. The van der Waals surface area contributed by atoms with Crippen LogP contribution in [0.1, 0.15) is 5.56 Å². The van der Waals surface area contributed by atoms with Crippen molar-refractivity contribution in [1.82, 2.24) is 0 Å². The minimum Gasteiger partial charge on any atom is -0.508 e. The summed E-state index contributed by atoms with van der Waals surface area (Å²) >= 11 is 0. The smallest absolute Gasteiger partial charge is 0.311 e. The van der Waals surface area contributed by atoms with E-state index in [0.717, 1.165) is 0 Å². The van der Waals surface area contributed by atoms with Crippen LogP contribution in [0, 0.1) is 17.0 Å². The number of benzene rings is 1. The molecule has 0 atom stereocenters. The van der Waals surface area contributed by atoms with Crippen LogP contribution in [0.15, 0.2) is 12.1 Å². The van der Waals surface area contributed by atoms with E-state index in [9.17, 15) is 15.2 Å². The number of phenolic OH excluding ortho intramolecular Hbond substituents is 1. The Morgan fingerprint density at radius 3 is 2.62 bits per heavy atom. The predicted octanol–water partition coefficient (Wildman–Crippen LogP) is 1.62. The summed E-state index contributed by atoms with van der Waals surface area (Å²) in [7, 11) is 1.32. The summed E-state index contributed by atoms with van der Waals surface area (Å²) in [4.78, 5) is 9.94. The first-order chi connectivity index (χ1) is 6.06. The topological polar surface area (TPSA) is 72.6 Å². The van der Waals surface area contributed by atoms with Crippen molar-refractivity contribution in [2.75, 3.05) is 7.11 Å². The molecule has 0 fully saturated rings. The van der Waals surface area contributed by atoms with Gasteiger partial charge in [-0.2, -0.15) is 0 Å². The molecule has 0 amide bonds. The van der Waals surface area contributed by atoms with E-state index in [1.165, 1.54) is 19.2 Å². The third kappa shape index (κ3) is 1.69. The summed E-state index contributed by atoms with van der Waals surface area (Å²) in [6.45, 7) is 1.59. The van der Waals surface area contributed by atoms with E-state index < -0.39 is 4.92 Å². The van der Waals surface area contributed by atoms with Gasteiger partial charge in [-0.3, -0.25) is 10.1 Å². The molecule has 0 saturated carbocycles. The third-order valence-electron chi connectivity index (χ3n) is 1.69. The summed E-state index contributed by atoms with van der Waals surface area (Å²) < 4.78 is 4.74. The van der Waals surface area contributed by atoms with Crippen molar-refractivity contribution in [3.8, 4) is 11.5 Å². The summed E-state index contributed by atoms with van der Waals surface area (Å²) in [5.74, 6) is 0.0514. The molecule has 1 rings (SSSR count). The van der Waals surface area contributed by atoms with Gasteiger partial charge in [-0.15, -0.1) is 0 Å². The first-order valence-corrected chi connectivity index (χ1v) is 3.58. The molecule has 13 heavy (non-hydrogen) atoms. The second-order valence-corrected chi connectivity index (χ2v) is 2.57. The number of phenols is 1. The lowest BCUT2D eigenvalue weighted by molar-refractivity contribution is -0.385. The molecule has 0 radical (unpaired) electrons. The molecule has 0 heterocycles. The first kappa shape index (κ1) is 9.31. The Hall–Kier alpha value is -1.78. The summed E-state index contributed by atoms with van der Waals surface area (Å²) in [5, 5.41) is 19.7. The number of hydrogen-bond acceptors (Lipinski definition) is 4. The van der Waals surface area contributed by atoms with Gasteiger partial charge in [0.2, 0.25) is 5.75 Å². The molecule has 0 aliphatic carbocycles. The van der Waals surface area contributed by atoms with E-state index in [1.807, 2.05) is 0 Å². The van der Waals surface area contributed by atoms with Gasteiger partial charge in [0.25, 0.3) is 0 Å². The van der Waals surface area contributed by atoms with Crippen molar-refractivity contribution in [2.24, 2.45) is 0 Å². The van der Waals surface area contributed by atoms with Crippen LogP contribution in [0.4, 0.5) is 5.69 Å². The Morgan fingerprint density at radius 1 is 1.54 bits per heavy atom. The van der Waals surface area contributed by atoms with Crippen LogP contribution in [0.2, 0.25) is 0 Å². The largest absolute Gasteiger partial charge is 0.508 e. The van der Waals surface area contributed by atoms with E-state index in [-0.39, 0.29) is 17.2 Å². The Labute approximate surface area is 74.7 Å². The van der Waals surface area contributed by atoms with Crippen molar-refractivity contribution in [2.45, 2.75) is 6.92 Å². The molecule has 5 nitrogen and oxygen atoms in total. The van der Waals surface area contributed by atoms with E-state index in [0.29, 0.717) is 5.56 Å². The molecule has 70 valence electrons. The van der Waals surface area contributed by atoms with E-state index in [1.54, 1.807) is 6.92 Å². The van der Waals surface area contributed by atoms with Crippen molar-refractivity contribution in [3.63, 3.8) is 0 Å². The summed E-state index contributed by atoms with van der Waals surface area (Å²) in [6.07, 6.45) is 0. The van der Waals surface area contributed by atoms with Gasteiger partial charge in [-0.1, -0.05) is 0 Å². The number of nitro benzene ring substituents is 1. The Balaban J connectivity index is 3.33. The molecule has 0 aliphatic rings. The molecule has 5 heteroatoms. The van der Waals surface area contributed by atoms with Crippen LogP contribution in [-0.2, 0) is 0 Å². The lowest BCUT2D eigenvalue weighted by Gasteiger charge is -2.03. The zero-order valence-electron chi connectivity index (χ0n) is 7.27. The number of methoxy groups -OCH3 is 1. The Kier molecular flexibility index (Phi) is 2.36. The number of nitro groups is 1. The Morgan fingerprint density at radius 2 is 2.15 bits per heavy atom. The quantitative estimate of drug-likeness (QED) is 0.558. The maximum atomic E-state index is 10.5. The summed E-state index contributed by atoms with van der Waals surface area (Å²) in [6, 6.07) is 2.50. The average molecular weight is 183 g/mol. The fourth-order valence-corrected chi connectivity index (χ4v) is 0.968. The van der Waals surface area contributed by atoms with Crippen molar-refractivity contribution in [1.29, 1.82) is 0 Å². The lowest BCUT2D eigenvalue weighted by atomic mass is 10.2. The number of ether oxygens (including phenoxy) is 1. The number of rotatable bonds is 2. The molecule has 0 aliphatic heterocycles. The van der Waals surface area contributed by atoms with E-state index >= 15 is 0 Å².